The Morgan fingerprint density at radius 1 is 1.80 bits per heavy atom. The number of carbonyl (C=O) groups excluding carboxylic acids is 1. The zero-order valence-corrected chi connectivity index (χ0v) is 5.26. The van der Waals surface area contributed by atoms with Gasteiger partial charge in [0.05, 0.1) is 6.42 Å². The Kier molecular flexibility index (Phi) is 1.71. The molecule has 0 radical (unpaired) electrons. The van der Waals surface area contributed by atoms with Gasteiger partial charge < -0.3 is 10.4 Å². The molecular formula is C6H7NO3. The molecule has 0 fully saturated rings. The van der Waals surface area contributed by atoms with Gasteiger partial charge in [-0.2, -0.15) is 0 Å². The monoisotopic (exact) mass is 141 g/mol. The van der Waals surface area contributed by atoms with Crippen molar-refractivity contribution in [2.45, 2.75) is 6.42 Å². The van der Waals surface area contributed by atoms with Crippen LogP contribution >= 0.6 is 0 Å². The van der Waals surface area contributed by atoms with E-state index >= 15 is 0 Å². The molecule has 4 heteroatoms. The Labute approximate surface area is 57.5 Å². The summed E-state index contributed by atoms with van der Waals surface area (Å²) in [5.41, 5.74) is 0.354. The second-order valence-electron chi connectivity index (χ2n) is 2.01. The number of aliphatic carboxylic acids is 1. The molecule has 0 unspecified atom stereocenters. The van der Waals surface area contributed by atoms with Gasteiger partial charge in [-0.3, -0.25) is 9.59 Å². The van der Waals surface area contributed by atoms with E-state index in [1.54, 1.807) is 6.08 Å². The van der Waals surface area contributed by atoms with E-state index in [2.05, 4.69) is 5.32 Å². The first-order valence-corrected chi connectivity index (χ1v) is 2.89. The Morgan fingerprint density at radius 2 is 2.50 bits per heavy atom. The van der Waals surface area contributed by atoms with Crippen LogP contribution in [-0.2, 0) is 9.59 Å². The molecule has 0 aromatic rings. The molecule has 1 aliphatic heterocycles. The minimum Gasteiger partial charge on any atom is -0.481 e. The molecule has 0 aromatic carbocycles. The number of carboxylic acids is 1. The lowest BCUT2D eigenvalue weighted by atomic mass is 10.2. The van der Waals surface area contributed by atoms with Crippen LogP contribution in [0.3, 0.4) is 0 Å². The molecule has 0 saturated heterocycles. The molecule has 10 heavy (non-hydrogen) atoms. The van der Waals surface area contributed by atoms with Crippen LogP contribution < -0.4 is 5.32 Å². The fourth-order valence-electron chi connectivity index (χ4n) is 0.789. The fraction of sp³-hybridized carbons (Fsp3) is 0.333. The van der Waals surface area contributed by atoms with E-state index in [1.165, 1.54) is 0 Å². The van der Waals surface area contributed by atoms with Gasteiger partial charge in [0.25, 0.3) is 0 Å². The van der Waals surface area contributed by atoms with Crippen LogP contribution in [0, 0.1) is 0 Å². The summed E-state index contributed by atoms with van der Waals surface area (Å²) in [7, 11) is 0. The normalized spacial score (nSPS) is 16.4. The second-order valence-corrected chi connectivity index (χ2v) is 2.01. The summed E-state index contributed by atoms with van der Waals surface area (Å²) < 4.78 is 0. The fourth-order valence-corrected chi connectivity index (χ4v) is 0.789. The van der Waals surface area contributed by atoms with Crippen LogP contribution in [0.15, 0.2) is 11.6 Å². The summed E-state index contributed by atoms with van der Waals surface area (Å²) in [4.78, 5) is 20.7. The Hall–Kier alpha value is -1.32. The highest BCUT2D eigenvalue weighted by Gasteiger charge is 2.16. The molecule has 1 heterocycles. The van der Waals surface area contributed by atoms with E-state index < -0.39 is 5.97 Å². The molecule has 0 bridgehead atoms. The first kappa shape index (κ1) is 6.80. The summed E-state index contributed by atoms with van der Waals surface area (Å²) in [6, 6.07) is 0. The van der Waals surface area contributed by atoms with Crippen molar-refractivity contribution in [3.05, 3.63) is 11.6 Å². The SMILES string of the molecule is O=C(O)CC1=CCNC1=O. The number of carbonyl (C=O) groups is 2. The van der Waals surface area contributed by atoms with Gasteiger partial charge in [-0.25, -0.2) is 0 Å². The molecule has 54 valence electrons. The topological polar surface area (TPSA) is 66.4 Å². The van der Waals surface area contributed by atoms with Crippen molar-refractivity contribution in [3.8, 4) is 0 Å². The number of amides is 1. The second kappa shape index (κ2) is 2.51. The highest BCUT2D eigenvalue weighted by Crippen LogP contribution is 2.05. The Balaban J connectivity index is 2.56. The standard InChI is InChI=1S/C6H7NO3/c8-5(9)3-4-1-2-7-6(4)10/h1H,2-3H2,(H,7,10)(H,8,9). The van der Waals surface area contributed by atoms with E-state index in [4.69, 9.17) is 5.11 Å². The predicted molar refractivity (Wildman–Crippen MR) is 33.3 cm³/mol. The molecule has 0 atom stereocenters. The lowest BCUT2D eigenvalue weighted by Gasteiger charge is -1.92. The van der Waals surface area contributed by atoms with Gasteiger partial charge >= 0.3 is 5.97 Å². The van der Waals surface area contributed by atoms with E-state index in [0.717, 1.165) is 0 Å². The third-order valence-corrected chi connectivity index (χ3v) is 1.24. The molecule has 0 aromatic heterocycles. The zero-order chi connectivity index (χ0) is 7.56. The summed E-state index contributed by atoms with van der Waals surface area (Å²) in [5.74, 6) is -1.23. The molecule has 0 spiro atoms. The number of nitrogens with one attached hydrogen (secondary N) is 1. The average Bonchev–Trinajstić information content (AvgIpc) is 2.15. The zero-order valence-electron chi connectivity index (χ0n) is 5.26. The number of rotatable bonds is 2. The molecule has 4 nitrogen and oxygen atoms in total. The van der Waals surface area contributed by atoms with E-state index in [0.29, 0.717) is 12.1 Å². The van der Waals surface area contributed by atoms with Crippen LogP contribution in [0.2, 0.25) is 0 Å². The lowest BCUT2D eigenvalue weighted by Crippen LogP contribution is -2.18. The van der Waals surface area contributed by atoms with Gasteiger partial charge in [-0.15, -0.1) is 0 Å². The van der Waals surface area contributed by atoms with Crippen molar-refractivity contribution in [1.29, 1.82) is 0 Å². The molecule has 1 amide bonds. The van der Waals surface area contributed by atoms with Gasteiger partial charge in [0, 0.05) is 12.1 Å². The van der Waals surface area contributed by atoms with Gasteiger partial charge in [0.2, 0.25) is 5.91 Å². The third-order valence-electron chi connectivity index (χ3n) is 1.24. The van der Waals surface area contributed by atoms with Crippen LogP contribution in [-0.4, -0.2) is 23.5 Å². The maximum atomic E-state index is 10.7. The van der Waals surface area contributed by atoms with Crippen LogP contribution in [0.25, 0.3) is 0 Å². The van der Waals surface area contributed by atoms with E-state index in [1.807, 2.05) is 0 Å². The van der Waals surface area contributed by atoms with Crippen molar-refractivity contribution >= 4 is 11.9 Å². The first-order valence-electron chi connectivity index (χ1n) is 2.89. The summed E-state index contributed by atoms with van der Waals surface area (Å²) in [5, 5.41) is 10.8. The van der Waals surface area contributed by atoms with Gasteiger partial charge in [0.1, 0.15) is 0 Å². The molecule has 0 saturated carbocycles. The predicted octanol–water partition coefficient (Wildman–Crippen LogP) is -0.483. The minimum atomic E-state index is -0.969. The summed E-state index contributed by atoms with van der Waals surface area (Å²) in [6.07, 6.45) is 1.42. The van der Waals surface area contributed by atoms with Crippen molar-refractivity contribution < 1.29 is 14.7 Å². The molecule has 0 aliphatic carbocycles. The van der Waals surface area contributed by atoms with E-state index in [9.17, 15) is 9.59 Å². The lowest BCUT2D eigenvalue weighted by molar-refractivity contribution is -0.137. The maximum Gasteiger partial charge on any atom is 0.308 e. The highest BCUT2D eigenvalue weighted by molar-refractivity contribution is 5.99. The molecule has 2 N–H and O–H groups in total. The largest absolute Gasteiger partial charge is 0.481 e. The van der Waals surface area contributed by atoms with Crippen LogP contribution in [0.4, 0.5) is 0 Å². The smallest absolute Gasteiger partial charge is 0.308 e. The first-order chi connectivity index (χ1) is 4.70. The van der Waals surface area contributed by atoms with Gasteiger partial charge in [-0.05, 0) is 0 Å². The minimum absolute atomic E-state index is 0.175. The molecule has 1 aliphatic rings. The maximum absolute atomic E-state index is 10.7. The van der Waals surface area contributed by atoms with Crippen LogP contribution in [0.5, 0.6) is 0 Å². The van der Waals surface area contributed by atoms with Crippen molar-refractivity contribution in [2.75, 3.05) is 6.54 Å². The van der Waals surface area contributed by atoms with E-state index in [-0.39, 0.29) is 12.3 Å². The number of hydrogen-bond acceptors (Lipinski definition) is 2. The van der Waals surface area contributed by atoms with Crippen molar-refractivity contribution in [1.82, 2.24) is 5.32 Å². The van der Waals surface area contributed by atoms with Crippen molar-refractivity contribution in [2.24, 2.45) is 0 Å². The summed E-state index contributed by atoms with van der Waals surface area (Å²) in [6.45, 7) is 0.460. The Bertz CT molecular complexity index is 207. The van der Waals surface area contributed by atoms with Crippen molar-refractivity contribution in [3.63, 3.8) is 0 Å². The van der Waals surface area contributed by atoms with Gasteiger partial charge in [0.15, 0.2) is 0 Å². The third kappa shape index (κ3) is 1.34. The molecule has 1 rings (SSSR count). The number of hydrogen-bond donors (Lipinski definition) is 2. The quantitative estimate of drug-likeness (QED) is 0.545. The molecular weight excluding hydrogens is 134 g/mol. The van der Waals surface area contributed by atoms with Crippen LogP contribution in [0.1, 0.15) is 6.42 Å². The van der Waals surface area contributed by atoms with Gasteiger partial charge in [-0.1, -0.05) is 6.08 Å². The Morgan fingerprint density at radius 3 is 2.90 bits per heavy atom. The highest BCUT2D eigenvalue weighted by atomic mass is 16.4. The summed E-state index contributed by atoms with van der Waals surface area (Å²) >= 11 is 0. The average molecular weight is 141 g/mol. The number of carboxylic acid groups (broad SMARTS) is 1.